The summed E-state index contributed by atoms with van der Waals surface area (Å²) in [6, 6.07) is 8.29. The van der Waals surface area contributed by atoms with Gasteiger partial charge in [-0.3, -0.25) is 19.7 Å². The number of amides is 5. The molecule has 2 aliphatic heterocycles. The van der Waals surface area contributed by atoms with E-state index >= 15 is 4.39 Å². The van der Waals surface area contributed by atoms with E-state index in [1.54, 1.807) is 25.2 Å². The molecule has 39 heavy (non-hydrogen) atoms. The fourth-order valence-electron chi connectivity index (χ4n) is 4.83. The van der Waals surface area contributed by atoms with Gasteiger partial charge in [0.25, 0.3) is 17.7 Å². The van der Waals surface area contributed by atoms with Crippen LogP contribution in [0.5, 0.6) is 5.75 Å². The van der Waals surface area contributed by atoms with Crippen LogP contribution < -0.4 is 15.4 Å². The first kappa shape index (κ1) is 26.2. The molecule has 0 unspecified atom stereocenters. The molecule has 2 aliphatic rings. The smallest absolute Gasteiger partial charge is 0.322 e. The maximum Gasteiger partial charge on any atom is 0.322 e. The van der Waals surface area contributed by atoms with Crippen molar-refractivity contribution in [1.82, 2.24) is 25.3 Å². The first-order valence-corrected chi connectivity index (χ1v) is 12.3. The summed E-state index contributed by atoms with van der Waals surface area (Å²) in [5.41, 5.74) is -0.647. The average Bonchev–Trinajstić information content (AvgIpc) is 3.54. The zero-order chi connectivity index (χ0) is 28.1. The number of hydrogen-bond acceptors (Lipinski definition) is 7. The maximum atomic E-state index is 15.0. The van der Waals surface area contributed by atoms with Crippen molar-refractivity contribution < 1.29 is 32.7 Å². The number of halogens is 1. The van der Waals surface area contributed by atoms with Crippen molar-refractivity contribution in [2.75, 3.05) is 47.9 Å². The fraction of sp³-hybridized carbons (Fsp3) is 0.333. The summed E-state index contributed by atoms with van der Waals surface area (Å²) in [6.45, 7) is 0.968. The number of benzene rings is 2. The Morgan fingerprint density at radius 1 is 1.13 bits per heavy atom. The van der Waals surface area contributed by atoms with Crippen molar-refractivity contribution in [3.8, 4) is 5.75 Å². The zero-order valence-corrected chi connectivity index (χ0v) is 22.0. The molecule has 0 spiro atoms. The van der Waals surface area contributed by atoms with Gasteiger partial charge in [0.05, 0.1) is 19.2 Å². The van der Waals surface area contributed by atoms with Crippen LogP contribution in [0.4, 0.5) is 9.18 Å². The number of carbonyl (C=O) groups excluding carboxylic acids is 4. The van der Waals surface area contributed by atoms with Crippen LogP contribution in [0.15, 0.2) is 40.8 Å². The second-order valence-electron chi connectivity index (χ2n) is 10.0. The largest absolute Gasteiger partial charge is 0.497 e. The van der Waals surface area contributed by atoms with Gasteiger partial charge in [-0.05, 0) is 43.9 Å². The molecule has 1 atom stereocenters. The van der Waals surface area contributed by atoms with Crippen LogP contribution in [0.1, 0.15) is 32.0 Å². The summed E-state index contributed by atoms with van der Waals surface area (Å²) in [7, 11) is 6.83. The van der Waals surface area contributed by atoms with Crippen molar-refractivity contribution >= 4 is 34.7 Å². The van der Waals surface area contributed by atoms with Gasteiger partial charge in [-0.15, -0.1) is 0 Å². The van der Waals surface area contributed by atoms with Crippen molar-refractivity contribution in [2.24, 2.45) is 0 Å². The zero-order valence-electron chi connectivity index (χ0n) is 22.0. The van der Waals surface area contributed by atoms with Crippen LogP contribution in [-0.4, -0.2) is 86.3 Å². The van der Waals surface area contributed by atoms with E-state index < -0.39 is 29.2 Å². The number of rotatable bonds is 8. The number of likely N-dealkylation sites (N-methyl/N-ethyl adjacent to an activating group) is 2. The predicted octanol–water partition coefficient (Wildman–Crippen LogP) is 1.90. The highest BCUT2D eigenvalue weighted by molar-refractivity contribution is 6.08. The van der Waals surface area contributed by atoms with Gasteiger partial charge >= 0.3 is 6.03 Å². The van der Waals surface area contributed by atoms with E-state index in [0.29, 0.717) is 29.8 Å². The lowest BCUT2D eigenvalue weighted by Crippen LogP contribution is -2.52. The number of ether oxygens (including phenoxy) is 1. The number of imide groups is 1. The standard InChI is InChI=1S/C27H28FN5O6/c1-31(2)7-8-32(3)23(34)19-9-16-10-22(39-21(16)12-20(19)28)27(25(36)29-26(37)30-27)14-33-13-15-5-6-17(38-4)11-18(15)24(33)35/h5-6,9-12H,7-8,13-14H2,1-4H3,(H2,29,30,36,37)/t27-/m0/s1. The Morgan fingerprint density at radius 2 is 1.90 bits per heavy atom. The second kappa shape index (κ2) is 9.70. The number of nitrogens with one attached hydrogen (secondary N) is 2. The highest BCUT2D eigenvalue weighted by atomic mass is 19.1. The summed E-state index contributed by atoms with van der Waals surface area (Å²) in [5, 5.41) is 5.18. The van der Waals surface area contributed by atoms with Crippen molar-refractivity contribution in [1.29, 1.82) is 0 Å². The van der Waals surface area contributed by atoms with Crippen LogP contribution in [0.25, 0.3) is 11.0 Å². The van der Waals surface area contributed by atoms with Crippen LogP contribution in [-0.2, 0) is 16.9 Å². The lowest BCUT2D eigenvalue weighted by Gasteiger charge is -2.29. The Bertz CT molecular complexity index is 1520. The minimum atomic E-state index is -1.76. The Kier molecular flexibility index (Phi) is 6.51. The molecule has 0 aliphatic carbocycles. The third kappa shape index (κ3) is 4.56. The molecule has 204 valence electrons. The fourth-order valence-corrected chi connectivity index (χ4v) is 4.83. The highest BCUT2D eigenvalue weighted by Crippen LogP contribution is 2.35. The molecule has 3 heterocycles. The Labute approximate surface area is 223 Å². The second-order valence-corrected chi connectivity index (χ2v) is 10.0. The third-order valence-corrected chi connectivity index (χ3v) is 7.05. The van der Waals surface area contributed by atoms with Crippen LogP contribution in [0.3, 0.4) is 0 Å². The molecule has 11 nitrogen and oxygen atoms in total. The minimum absolute atomic E-state index is 0.00662. The van der Waals surface area contributed by atoms with E-state index in [0.717, 1.165) is 11.6 Å². The molecule has 0 saturated carbocycles. The van der Waals surface area contributed by atoms with Crippen molar-refractivity contribution in [3.63, 3.8) is 0 Å². The van der Waals surface area contributed by atoms with E-state index in [1.165, 1.54) is 29.0 Å². The quantitative estimate of drug-likeness (QED) is 0.421. The van der Waals surface area contributed by atoms with Crippen molar-refractivity contribution in [3.05, 3.63) is 64.7 Å². The number of hydrogen-bond donors (Lipinski definition) is 2. The molecular weight excluding hydrogens is 509 g/mol. The molecule has 0 bridgehead atoms. The van der Waals surface area contributed by atoms with Crippen LogP contribution in [0, 0.1) is 5.82 Å². The molecule has 5 amide bonds. The average molecular weight is 538 g/mol. The lowest BCUT2D eigenvalue weighted by molar-refractivity contribution is -0.125. The number of furan rings is 1. The van der Waals surface area contributed by atoms with Gasteiger partial charge in [0, 0.05) is 43.7 Å². The topological polar surface area (TPSA) is 124 Å². The Morgan fingerprint density at radius 3 is 2.56 bits per heavy atom. The minimum Gasteiger partial charge on any atom is -0.497 e. The molecule has 2 N–H and O–H groups in total. The summed E-state index contributed by atoms with van der Waals surface area (Å²) < 4.78 is 26.1. The van der Waals surface area contributed by atoms with Crippen LogP contribution >= 0.6 is 0 Å². The molecule has 1 fully saturated rings. The third-order valence-electron chi connectivity index (χ3n) is 7.05. The molecule has 3 aromatic rings. The first-order valence-electron chi connectivity index (χ1n) is 12.3. The van der Waals surface area contributed by atoms with E-state index in [-0.39, 0.29) is 35.9 Å². The number of urea groups is 1. The predicted molar refractivity (Wildman–Crippen MR) is 138 cm³/mol. The van der Waals surface area contributed by atoms with E-state index in [1.807, 2.05) is 19.0 Å². The van der Waals surface area contributed by atoms with Crippen molar-refractivity contribution in [2.45, 2.75) is 12.1 Å². The van der Waals surface area contributed by atoms with E-state index in [2.05, 4.69) is 10.6 Å². The molecule has 1 saturated heterocycles. The van der Waals surface area contributed by atoms with Gasteiger partial charge in [-0.2, -0.15) is 0 Å². The van der Waals surface area contributed by atoms with Gasteiger partial charge < -0.3 is 29.2 Å². The molecule has 1 aromatic heterocycles. The summed E-state index contributed by atoms with van der Waals surface area (Å²) in [6.07, 6.45) is 0. The number of fused-ring (bicyclic) bond motifs is 2. The number of nitrogens with zero attached hydrogens (tertiary/aromatic N) is 3. The SMILES string of the molecule is COc1ccc2c(c1)C(=O)N(C[C@@]1(c3cc4cc(C(=O)N(C)CCN(C)C)c(F)cc4o3)NC(=O)NC1=O)C2. The summed E-state index contributed by atoms with van der Waals surface area (Å²) in [5.74, 6) is -1.81. The van der Waals surface area contributed by atoms with Gasteiger partial charge in [-0.1, -0.05) is 6.07 Å². The van der Waals surface area contributed by atoms with Gasteiger partial charge in [0.15, 0.2) is 5.54 Å². The van der Waals surface area contributed by atoms with Gasteiger partial charge in [-0.25, -0.2) is 9.18 Å². The molecule has 5 rings (SSSR count). The van der Waals surface area contributed by atoms with E-state index in [4.69, 9.17) is 9.15 Å². The molecule has 12 heteroatoms. The van der Waals surface area contributed by atoms with Crippen LogP contribution in [0.2, 0.25) is 0 Å². The van der Waals surface area contributed by atoms with Gasteiger partial charge in [0.1, 0.15) is 22.9 Å². The molecule has 2 aromatic carbocycles. The number of carbonyl (C=O) groups is 4. The summed E-state index contributed by atoms with van der Waals surface area (Å²) >= 11 is 0. The summed E-state index contributed by atoms with van der Waals surface area (Å²) in [4.78, 5) is 56.3. The molecular formula is C27H28FN5O6. The molecule has 0 radical (unpaired) electrons. The highest BCUT2D eigenvalue weighted by Gasteiger charge is 2.53. The Hall–Kier alpha value is -4.45. The maximum absolute atomic E-state index is 15.0. The first-order chi connectivity index (χ1) is 18.5. The lowest BCUT2D eigenvalue weighted by atomic mass is 9.95. The van der Waals surface area contributed by atoms with E-state index in [9.17, 15) is 19.2 Å². The Balaban J connectivity index is 1.49. The monoisotopic (exact) mass is 537 g/mol. The number of methoxy groups -OCH3 is 1. The normalized spacial score (nSPS) is 18.5. The van der Waals surface area contributed by atoms with Gasteiger partial charge in [0.2, 0.25) is 0 Å².